The van der Waals surface area contributed by atoms with Crippen LogP contribution < -0.4 is 5.32 Å². The number of carbonyl (C=O) groups excluding carboxylic acids is 2. The van der Waals surface area contributed by atoms with Crippen molar-refractivity contribution in [2.24, 2.45) is 5.92 Å². The third kappa shape index (κ3) is 2.83. The summed E-state index contributed by atoms with van der Waals surface area (Å²) < 4.78 is 4.64. The summed E-state index contributed by atoms with van der Waals surface area (Å²) in [7, 11) is 0. The van der Waals surface area contributed by atoms with Gasteiger partial charge in [-0.1, -0.05) is 6.92 Å². The number of fused-ring (bicyclic) bond motifs is 1. The second-order valence-electron chi connectivity index (χ2n) is 4.84. The highest BCUT2D eigenvalue weighted by Crippen LogP contribution is 2.39. The van der Waals surface area contributed by atoms with E-state index >= 15 is 0 Å². The van der Waals surface area contributed by atoms with Crippen LogP contribution in [-0.4, -0.2) is 18.5 Å². The molecular formula is C14H16N2O3S. The van der Waals surface area contributed by atoms with Crippen LogP contribution in [0.5, 0.6) is 0 Å². The second kappa shape index (κ2) is 6.06. The Morgan fingerprint density at radius 1 is 1.55 bits per heavy atom. The largest absolute Gasteiger partial charge is 0.459 e. The summed E-state index contributed by atoms with van der Waals surface area (Å²) in [6, 6.07) is 2.14. The van der Waals surface area contributed by atoms with Crippen LogP contribution >= 0.6 is 11.3 Å². The SMILES string of the molecule is CCOC(=O)C(=O)Nc1sc2c(c1C#N)CC[C@@H](C)C2. The summed E-state index contributed by atoms with van der Waals surface area (Å²) >= 11 is 1.39. The minimum Gasteiger partial charge on any atom is -0.459 e. The monoisotopic (exact) mass is 292 g/mol. The van der Waals surface area contributed by atoms with Gasteiger partial charge in [0.25, 0.3) is 0 Å². The van der Waals surface area contributed by atoms with E-state index in [2.05, 4.69) is 23.0 Å². The number of nitriles is 1. The van der Waals surface area contributed by atoms with Gasteiger partial charge >= 0.3 is 11.9 Å². The molecular weight excluding hydrogens is 276 g/mol. The van der Waals surface area contributed by atoms with Gasteiger partial charge in [-0.15, -0.1) is 11.3 Å². The fourth-order valence-corrected chi connectivity index (χ4v) is 3.66. The molecule has 1 N–H and O–H groups in total. The van der Waals surface area contributed by atoms with Crippen LogP contribution in [0.15, 0.2) is 0 Å². The molecule has 2 rings (SSSR count). The molecule has 20 heavy (non-hydrogen) atoms. The van der Waals surface area contributed by atoms with E-state index in [1.807, 2.05) is 0 Å². The first-order chi connectivity index (χ1) is 9.56. The van der Waals surface area contributed by atoms with Crippen molar-refractivity contribution in [2.45, 2.75) is 33.1 Å². The van der Waals surface area contributed by atoms with Crippen molar-refractivity contribution >= 4 is 28.2 Å². The molecule has 1 heterocycles. The molecule has 6 heteroatoms. The molecule has 1 aromatic rings. The normalized spacial score (nSPS) is 16.9. The van der Waals surface area contributed by atoms with E-state index < -0.39 is 11.9 Å². The van der Waals surface area contributed by atoms with E-state index in [-0.39, 0.29) is 6.61 Å². The van der Waals surface area contributed by atoms with Crippen molar-refractivity contribution in [3.05, 3.63) is 16.0 Å². The Kier molecular flexibility index (Phi) is 4.40. The molecule has 0 fully saturated rings. The molecule has 0 radical (unpaired) electrons. The van der Waals surface area contributed by atoms with Gasteiger partial charge in [-0.2, -0.15) is 5.26 Å². The average molecular weight is 292 g/mol. The zero-order valence-electron chi connectivity index (χ0n) is 11.5. The topological polar surface area (TPSA) is 79.2 Å². The standard InChI is InChI=1S/C14H16N2O3S/c1-3-19-14(18)12(17)16-13-10(7-15)9-5-4-8(2)6-11(9)20-13/h8H,3-6H2,1-2H3,(H,16,17)/t8-/m1/s1. The van der Waals surface area contributed by atoms with Gasteiger partial charge in [-0.05, 0) is 37.7 Å². The number of esters is 1. The fourth-order valence-electron chi connectivity index (χ4n) is 2.31. The first-order valence-corrected chi connectivity index (χ1v) is 7.41. The number of nitrogens with zero attached hydrogens (tertiary/aromatic N) is 1. The minimum absolute atomic E-state index is 0.149. The maximum Gasteiger partial charge on any atom is 0.397 e. The molecule has 5 nitrogen and oxygen atoms in total. The summed E-state index contributed by atoms with van der Waals surface area (Å²) in [5, 5.41) is 12.2. The molecule has 1 aliphatic carbocycles. The van der Waals surface area contributed by atoms with Crippen molar-refractivity contribution in [1.82, 2.24) is 0 Å². The summed E-state index contributed by atoms with van der Waals surface area (Å²) in [6.07, 6.45) is 2.82. The van der Waals surface area contributed by atoms with E-state index in [1.165, 1.54) is 11.3 Å². The van der Waals surface area contributed by atoms with Gasteiger partial charge in [0.1, 0.15) is 11.1 Å². The number of anilines is 1. The van der Waals surface area contributed by atoms with E-state index in [4.69, 9.17) is 0 Å². The Labute approximate surface area is 121 Å². The van der Waals surface area contributed by atoms with E-state index in [0.717, 1.165) is 29.7 Å². The Morgan fingerprint density at radius 3 is 2.95 bits per heavy atom. The maximum atomic E-state index is 11.7. The molecule has 0 saturated heterocycles. The summed E-state index contributed by atoms with van der Waals surface area (Å²) in [4.78, 5) is 24.1. The van der Waals surface area contributed by atoms with Crippen molar-refractivity contribution in [2.75, 3.05) is 11.9 Å². The van der Waals surface area contributed by atoms with Crippen LogP contribution in [0, 0.1) is 17.2 Å². The lowest BCUT2D eigenvalue weighted by atomic mass is 9.89. The predicted molar refractivity (Wildman–Crippen MR) is 75.5 cm³/mol. The van der Waals surface area contributed by atoms with Crippen molar-refractivity contribution in [3.63, 3.8) is 0 Å². The Morgan fingerprint density at radius 2 is 2.30 bits per heavy atom. The van der Waals surface area contributed by atoms with Gasteiger partial charge in [0, 0.05) is 4.88 Å². The van der Waals surface area contributed by atoms with Crippen LogP contribution in [0.25, 0.3) is 0 Å². The fraction of sp³-hybridized carbons (Fsp3) is 0.500. The molecule has 1 aromatic heterocycles. The second-order valence-corrected chi connectivity index (χ2v) is 5.95. The number of hydrogen-bond donors (Lipinski definition) is 1. The molecule has 0 unspecified atom stereocenters. The third-order valence-electron chi connectivity index (χ3n) is 3.31. The highest BCUT2D eigenvalue weighted by Gasteiger charge is 2.26. The average Bonchev–Trinajstić information content (AvgIpc) is 2.74. The maximum absolute atomic E-state index is 11.7. The molecule has 0 bridgehead atoms. The van der Waals surface area contributed by atoms with Gasteiger partial charge in [0.15, 0.2) is 0 Å². The van der Waals surface area contributed by atoms with Crippen LogP contribution in [0.1, 0.15) is 36.3 Å². The molecule has 1 aliphatic rings. The van der Waals surface area contributed by atoms with Crippen LogP contribution in [0.2, 0.25) is 0 Å². The lowest BCUT2D eigenvalue weighted by molar-refractivity contribution is -0.152. The van der Waals surface area contributed by atoms with Crippen molar-refractivity contribution in [3.8, 4) is 6.07 Å². The number of hydrogen-bond acceptors (Lipinski definition) is 5. The van der Waals surface area contributed by atoms with E-state index in [9.17, 15) is 14.9 Å². The first-order valence-electron chi connectivity index (χ1n) is 6.59. The number of rotatable bonds is 2. The van der Waals surface area contributed by atoms with Gasteiger partial charge in [0.2, 0.25) is 0 Å². The lowest BCUT2D eigenvalue weighted by Crippen LogP contribution is -2.24. The van der Waals surface area contributed by atoms with E-state index in [0.29, 0.717) is 16.5 Å². The number of carbonyl (C=O) groups is 2. The smallest absolute Gasteiger partial charge is 0.397 e. The van der Waals surface area contributed by atoms with Crippen molar-refractivity contribution < 1.29 is 14.3 Å². The van der Waals surface area contributed by atoms with Crippen molar-refractivity contribution in [1.29, 1.82) is 5.26 Å². The highest BCUT2D eigenvalue weighted by atomic mass is 32.1. The first kappa shape index (κ1) is 14.5. The Hall–Kier alpha value is -1.87. The highest BCUT2D eigenvalue weighted by molar-refractivity contribution is 7.16. The number of amides is 1. The van der Waals surface area contributed by atoms with E-state index in [1.54, 1.807) is 6.92 Å². The van der Waals surface area contributed by atoms with Crippen LogP contribution in [0.3, 0.4) is 0 Å². The van der Waals surface area contributed by atoms with Gasteiger partial charge < -0.3 is 10.1 Å². The molecule has 106 valence electrons. The number of ether oxygens (including phenoxy) is 1. The van der Waals surface area contributed by atoms with Crippen LogP contribution in [-0.2, 0) is 27.2 Å². The zero-order chi connectivity index (χ0) is 14.7. The lowest BCUT2D eigenvalue weighted by Gasteiger charge is -2.17. The number of thiophene rings is 1. The predicted octanol–water partition coefficient (Wildman–Crippen LogP) is 2.25. The molecule has 0 spiro atoms. The summed E-state index contributed by atoms with van der Waals surface area (Å²) in [5.41, 5.74) is 1.52. The third-order valence-corrected chi connectivity index (χ3v) is 4.48. The Bertz CT molecular complexity index is 586. The summed E-state index contributed by atoms with van der Waals surface area (Å²) in [6.45, 7) is 3.96. The quantitative estimate of drug-likeness (QED) is 0.669. The number of nitrogens with one attached hydrogen (secondary N) is 1. The zero-order valence-corrected chi connectivity index (χ0v) is 12.3. The molecule has 1 amide bonds. The molecule has 0 aromatic carbocycles. The van der Waals surface area contributed by atoms with Crippen LogP contribution in [0.4, 0.5) is 5.00 Å². The van der Waals surface area contributed by atoms with Gasteiger partial charge in [-0.3, -0.25) is 4.79 Å². The summed E-state index contributed by atoms with van der Waals surface area (Å²) in [5.74, 6) is -1.16. The van der Waals surface area contributed by atoms with Gasteiger partial charge in [-0.25, -0.2) is 4.79 Å². The Balaban J connectivity index is 2.23. The molecule has 0 aliphatic heterocycles. The van der Waals surface area contributed by atoms with Gasteiger partial charge in [0.05, 0.1) is 12.2 Å². The minimum atomic E-state index is -0.920. The molecule has 0 saturated carbocycles. The molecule has 1 atom stereocenters.